The van der Waals surface area contributed by atoms with Crippen molar-refractivity contribution in [3.05, 3.63) is 49.5 Å². The van der Waals surface area contributed by atoms with Crippen LogP contribution in [0.25, 0.3) is 0 Å². The Morgan fingerprint density at radius 3 is 2.73 bits per heavy atom. The number of carbonyl (C=O) groups excluding carboxylic acids is 1. The minimum Gasteiger partial charge on any atom is -0.344 e. The molecule has 1 saturated carbocycles. The van der Waals surface area contributed by atoms with Crippen LogP contribution < -0.4 is 5.32 Å². The highest BCUT2D eigenvalue weighted by Gasteiger charge is 2.29. The third kappa shape index (κ3) is 3.20. The third-order valence-electron chi connectivity index (χ3n) is 4.04. The van der Waals surface area contributed by atoms with Crippen LogP contribution >= 0.6 is 22.7 Å². The lowest BCUT2D eigenvalue weighted by Crippen LogP contribution is -2.32. The summed E-state index contributed by atoms with van der Waals surface area (Å²) in [5.74, 6) is 0.228. The number of carbonyl (C=O) groups is 1. The van der Waals surface area contributed by atoms with Crippen molar-refractivity contribution < 1.29 is 9.72 Å². The van der Waals surface area contributed by atoms with Gasteiger partial charge in [-0.2, -0.15) is 0 Å². The van der Waals surface area contributed by atoms with Gasteiger partial charge in [0, 0.05) is 16.3 Å². The molecule has 1 aliphatic rings. The highest BCUT2D eigenvalue weighted by Crippen LogP contribution is 2.37. The second-order valence-electron chi connectivity index (χ2n) is 5.44. The van der Waals surface area contributed by atoms with Gasteiger partial charge in [-0.3, -0.25) is 14.9 Å². The Balaban J connectivity index is 1.77. The fourth-order valence-electron chi connectivity index (χ4n) is 2.94. The predicted octanol–water partition coefficient (Wildman–Crippen LogP) is 4.38. The Morgan fingerprint density at radius 1 is 1.36 bits per heavy atom. The molecule has 5 nitrogen and oxygen atoms in total. The van der Waals surface area contributed by atoms with Crippen molar-refractivity contribution >= 4 is 33.6 Å². The maximum absolute atomic E-state index is 12.4. The smallest absolute Gasteiger partial charge is 0.324 e. The molecule has 22 heavy (non-hydrogen) atoms. The molecule has 1 amide bonds. The largest absolute Gasteiger partial charge is 0.344 e. The van der Waals surface area contributed by atoms with E-state index in [1.54, 1.807) is 16.7 Å². The van der Waals surface area contributed by atoms with Gasteiger partial charge in [-0.1, -0.05) is 30.2 Å². The lowest BCUT2D eigenvalue weighted by atomic mass is 9.96. The van der Waals surface area contributed by atoms with Crippen molar-refractivity contribution in [2.24, 2.45) is 5.92 Å². The Bertz CT molecular complexity index is 660. The van der Waals surface area contributed by atoms with Crippen LogP contribution in [0.1, 0.15) is 47.0 Å². The zero-order valence-corrected chi connectivity index (χ0v) is 13.5. The van der Waals surface area contributed by atoms with Gasteiger partial charge in [0.05, 0.1) is 16.5 Å². The second-order valence-corrected chi connectivity index (χ2v) is 7.31. The van der Waals surface area contributed by atoms with Crippen LogP contribution in [0.15, 0.2) is 29.0 Å². The molecule has 0 saturated heterocycles. The fraction of sp³-hybridized carbons (Fsp3) is 0.400. The minimum atomic E-state index is -0.463. The molecule has 1 N–H and O–H groups in total. The molecule has 0 bridgehead atoms. The Kier molecular flexibility index (Phi) is 4.54. The standard InChI is InChI=1S/C15H16N2O3S2/c18-15(11-8-13(17(19)20)22-9-11)16-14(10-4-1-2-5-10)12-6-3-7-21-12/h3,6-10,14H,1-2,4-5H2,(H,16,18)/t14-/m0/s1. The van der Waals surface area contributed by atoms with Crippen LogP contribution in [-0.4, -0.2) is 10.8 Å². The average molecular weight is 336 g/mol. The number of amides is 1. The quantitative estimate of drug-likeness (QED) is 0.650. The van der Waals surface area contributed by atoms with E-state index in [4.69, 9.17) is 0 Å². The van der Waals surface area contributed by atoms with Crippen LogP contribution in [0, 0.1) is 16.0 Å². The summed E-state index contributed by atoms with van der Waals surface area (Å²) in [5.41, 5.74) is 0.372. The van der Waals surface area contributed by atoms with Crippen LogP contribution in [0.5, 0.6) is 0 Å². The fourth-order valence-corrected chi connectivity index (χ4v) is 4.52. The van der Waals surface area contributed by atoms with E-state index in [2.05, 4.69) is 5.32 Å². The van der Waals surface area contributed by atoms with E-state index in [0.29, 0.717) is 11.5 Å². The van der Waals surface area contributed by atoms with E-state index >= 15 is 0 Å². The molecule has 0 aromatic carbocycles. The van der Waals surface area contributed by atoms with Gasteiger partial charge in [0.25, 0.3) is 5.91 Å². The number of nitrogens with zero attached hydrogens (tertiary/aromatic N) is 1. The molecule has 3 rings (SSSR count). The van der Waals surface area contributed by atoms with Crippen LogP contribution in [0.4, 0.5) is 5.00 Å². The van der Waals surface area contributed by atoms with Gasteiger partial charge < -0.3 is 5.32 Å². The maximum atomic E-state index is 12.4. The Morgan fingerprint density at radius 2 is 2.14 bits per heavy atom. The second kappa shape index (κ2) is 6.58. The van der Waals surface area contributed by atoms with Crippen LogP contribution in [-0.2, 0) is 0 Å². The number of hydrogen-bond donors (Lipinski definition) is 1. The number of nitrogens with one attached hydrogen (secondary N) is 1. The van der Waals surface area contributed by atoms with E-state index in [9.17, 15) is 14.9 Å². The molecule has 0 aliphatic heterocycles. The summed E-state index contributed by atoms with van der Waals surface area (Å²) in [6.45, 7) is 0. The van der Waals surface area contributed by atoms with Gasteiger partial charge in [-0.25, -0.2) is 0 Å². The lowest BCUT2D eigenvalue weighted by molar-refractivity contribution is -0.380. The third-order valence-corrected chi connectivity index (χ3v) is 5.87. The summed E-state index contributed by atoms with van der Waals surface area (Å²) in [6.07, 6.45) is 4.64. The maximum Gasteiger partial charge on any atom is 0.324 e. The monoisotopic (exact) mass is 336 g/mol. The van der Waals surface area contributed by atoms with Crippen molar-refractivity contribution in [1.29, 1.82) is 0 Å². The highest BCUT2D eigenvalue weighted by atomic mass is 32.1. The van der Waals surface area contributed by atoms with E-state index in [-0.39, 0.29) is 17.0 Å². The summed E-state index contributed by atoms with van der Waals surface area (Å²) in [7, 11) is 0. The normalized spacial score (nSPS) is 16.5. The highest BCUT2D eigenvalue weighted by molar-refractivity contribution is 7.13. The van der Waals surface area contributed by atoms with Crippen molar-refractivity contribution in [3.8, 4) is 0 Å². The molecule has 2 aromatic rings. The topological polar surface area (TPSA) is 72.2 Å². The van der Waals surface area contributed by atoms with Crippen molar-refractivity contribution in [2.45, 2.75) is 31.7 Å². The average Bonchev–Trinajstić information content (AvgIpc) is 3.26. The molecule has 1 aliphatic carbocycles. The van der Waals surface area contributed by atoms with Gasteiger partial charge in [0.2, 0.25) is 0 Å². The minimum absolute atomic E-state index is 0.00121. The molecule has 0 radical (unpaired) electrons. The number of thiophene rings is 2. The molecular formula is C15H16N2O3S2. The predicted molar refractivity (Wildman–Crippen MR) is 87.5 cm³/mol. The first-order valence-corrected chi connectivity index (χ1v) is 8.98. The molecule has 2 heterocycles. The van der Waals surface area contributed by atoms with E-state index < -0.39 is 4.92 Å². The summed E-state index contributed by atoms with van der Waals surface area (Å²) < 4.78 is 0. The van der Waals surface area contributed by atoms with Gasteiger partial charge in [0.1, 0.15) is 0 Å². The number of rotatable bonds is 5. The van der Waals surface area contributed by atoms with Crippen molar-refractivity contribution in [1.82, 2.24) is 5.32 Å². The van der Waals surface area contributed by atoms with Crippen molar-refractivity contribution in [3.63, 3.8) is 0 Å². The van der Waals surface area contributed by atoms with Crippen LogP contribution in [0.3, 0.4) is 0 Å². The van der Waals surface area contributed by atoms with Gasteiger partial charge in [-0.05, 0) is 30.2 Å². The first-order valence-electron chi connectivity index (χ1n) is 7.22. The van der Waals surface area contributed by atoms with Crippen molar-refractivity contribution in [2.75, 3.05) is 0 Å². The summed E-state index contributed by atoms with van der Waals surface area (Å²) >= 11 is 2.63. The molecule has 0 spiro atoms. The summed E-state index contributed by atoms with van der Waals surface area (Å²) in [4.78, 5) is 23.9. The number of nitro groups is 1. The zero-order chi connectivity index (χ0) is 15.5. The molecule has 116 valence electrons. The van der Waals surface area contributed by atoms with Gasteiger partial charge in [-0.15, -0.1) is 11.3 Å². The molecule has 1 atom stereocenters. The van der Waals surface area contributed by atoms with Gasteiger partial charge in [0.15, 0.2) is 0 Å². The Hall–Kier alpha value is -1.73. The van der Waals surface area contributed by atoms with E-state index in [1.807, 2.05) is 17.5 Å². The first-order chi connectivity index (χ1) is 10.6. The molecule has 7 heteroatoms. The molecular weight excluding hydrogens is 320 g/mol. The molecule has 0 unspecified atom stereocenters. The van der Waals surface area contributed by atoms with Gasteiger partial charge >= 0.3 is 5.00 Å². The zero-order valence-electron chi connectivity index (χ0n) is 11.9. The lowest BCUT2D eigenvalue weighted by Gasteiger charge is -2.23. The summed E-state index contributed by atoms with van der Waals surface area (Å²) in [5, 5.41) is 17.4. The number of hydrogen-bond acceptors (Lipinski definition) is 5. The summed E-state index contributed by atoms with van der Waals surface area (Å²) in [6, 6.07) is 5.39. The van der Waals surface area contributed by atoms with Crippen LogP contribution in [0.2, 0.25) is 0 Å². The molecule has 2 aromatic heterocycles. The van der Waals surface area contributed by atoms with E-state index in [1.165, 1.54) is 18.9 Å². The Labute approximate surface area is 136 Å². The van der Waals surface area contributed by atoms with E-state index in [0.717, 1.165) is 29.1 Å². The first kappa shape index (κ1) is 15.2. The molecule has 1 fully saturated rings. The SMILES string of the molecule is O=C(N[C@H](c1cccs1)C1CCCC1)c1csc([N+](=O)[O-])c1.